The molecule has 1 aliphatic rings. The molecule has 2 atom stereocenters. The van der Waals surface area contributed by atoms with Crippen LogP contribution in [0.3, 0.4) is 0 Å². The van der Waals surface area contributed by atoms with Crippen LogP contribution in [-0.2, 0) is 24.2 Å². The Morgan fingerprint density at radius 1 is 0.881 bits per heavy atom. The summed E-state index contributed by atoms with van der Waals surface area (Å²) >= 11 is 0. The molecule has 3 amide bonds. The smallest absolute Gasteiger partial charge is 0.335 e. The summed E-state index contributed by atoms with van der Waals surface area (Å²) in [5.41, 5.74) is 4.07. The molecule has 5 rings (SSSR count). The lowest BCUT2D eigenvalue weighted by Crippen LogP contribution is -2.46. The van der Waals surface area contributed by atoms with Crippen molar-refractivity contribution in [2.24, 2.45) is 5.92 Å². The Bertz CT molecular complexity index is 1580. The fourth-order valence-corrected chi connectivity index (χ4v) is 5.67. The molecule has 1 aliphatic carbocycles. The van der Waals surface area contributed by atoms with E-state index >= 15 is 0 Å². The van der Waals surface area contributed by atoms with E-state index in [-0.39, 0.29) is 35.8 Å². The number of halogens is 1. The maximum absolute atomic E-state index is 14.8. The van der Waals surface area contributed by atoms with Gasteiger partial charge in [-0.15, -0.1) is 0 Å². The highest BCUT2D eigenvalue weighted by atomic mass is 19.1. The number of rotatable bonds is 9. The van der Waals surface area contributed by atoms with E-state index in [2.05, 4.69) is 16.7 Å². The van der Waals surface area contributed by atoms with Gasteiger partial charge >= 0.3 is 12.0 Å². The van der Waals surface area contributed by atoms with Crippen molar-refractivity contribution >= 4 is 23.6 Å². The van der Waals surface area contributed by atoms with Crippen LogP contribution in [0.25, 0.3) is 0 Å². The summed E-state index contributed by atoms with van der Waals surface area (Å²) in [6.07, 6.45) is 2.08. The molecule has 3 N–H and O–H groups in total. The molecule has 0 aliphatic heterocycles. The number of aromatic carboxylic acids is 1. The van der Waals surface area contributed by atoms with Crippen molar-refractivity contribution in [1.29, 1.82) is 0 Å². The Morgan fingerprint density at radius 2 is 1.62 bits per heavy atom. The van der Waals surface area contributed by atoms with E-state index in [0.29, 0.717) is 24.2 Å². The van der Waals surface area contributed by atoms with Crippen LogP contribution >= 0.6 is 0 Å². The van der Waals surface area contributed by atoms with Crippen LogP contribution in [0, 0.1) is 11.7 Å². The lowest BCUT2D eigenvalue weighted by atomic mass is 9.76. The number of benzene rings is 4. The average molecular weight is 566 g/mol. The predicted molar refractivity (Wildman–Crippen MR) is 159 cm³/mol. The lowest BCUT2D eigenvalue weighted by molar-refractivity contribution is -0.135. The quantitative estimate of drug-likeness (QED) is 0.224. The zero-order chi connectivity index (χ0) is 29.5. The Balaban J connectivity index is 1.41. The van der Waals surface area contributed by atoms with Gasteiger partial charge in [0, 0.05) is 12.2 Å². The molecule has 7 nitrogen and oxygen atoms in total. The highest BCUT2D eigenvalue weighted by molar-refractivity contribution is 5.94. The number of amides is 3. The first kappa shape index (κ1) is 28.5. The van der Waals surface area contributed by atoms with Gasteiger partial charge in [-0.3, -0.25) is 4.79 Å². The maximum atomic E-state index is 14.8. The number of carboxylic acids is 1. The van der Waals surface area contributed by atoms with Gasteiger partial charge < -0.3 is 20.6 Å². The standard InChI is InChI=1S/C34H32FN3O4/c35-30-16-7-5-12-25(30)19-26-18-17-24-11-4-6-15-29(24)32(26)38(22-23-9-2-1-3-10-23)31(39)21-36-34(42)37-28-14-8-13-27(20-28)33(40)41/h1-16,20,26,32H,17-19,21-22H2,(H,40,41)(H2,36,37,42)/t26-,32-/m0/s1. The molecule has 0 saturated carbocycles. The van der Waals surface area contributed by atoms with Gasteiger partial charge in [-0.2, -0.15) is 0 Å². The number of carbonyl (C=O) groups excluding carboxylic acids is 2. The Labute approximate surface area is 244 Å². The third-order valence-electron chi connectivity index (χ3n) is 7.66. The van der Waals surface area contributed by atoms with Crippen molar-refractivity contribution in [3.05, 3.63) is 137 Å². The summed E-state index contributed by atoms with van der Waals surface area (Å²) in [4.78, 5) is 39.7. The van der Waals surface area contributed by atoms with Crippen LogP contribution < -0.4 is 10.6 Å². The molecule has 214 valence electrons. The van der Waals surface area contributed by atoms with Crippen molar-refractivity contribution in [2.45, 2.75) is 31.8 Å². The number of aryl methyl sites for hydroxylation is 1. The Kier molecular flexibility index (Phi) is 8.92. The van der Waals surface area contributed by atoms with Gasteiger partial charge in [-0.25, -0.2) is 14.0 Å². The molecule has 0 spiro atoms. The Hall–Kier alpha value is -4.98. The molecule has 0 aromatic heterocycles. The van der Waals surface area contributed by atoms with E-state index < -0.39 is 12.0 Å². The molecule has 0 bridgehead atoms. The second-order valence-corrected chi connectivity index (χ2v) is 10.4. The van der Waals surface area contributed by atoms with Crippen LogP contribution in [-0.4, -0.2) is 34.5 Å². The molecule has 0 heterocycles. The molecule has 0 radical (unpaired) electrons. The van der Waals surface area contributed by atoms with Gasteiger partial charge in [0.25, 0.3) is 0 Å². The predicted octanol–water partition coefficient (Wildman–Crippen LogP) is 6.22. The molecular weight excluding hydrogens is 533 g/mol. The van der Waals surface area contributed by atoms with E-state index in [9.17, 15) is 23.9 Å². The highest BCUT2D eigenvalue weighted by Crippen LogP contribution is 2.41. The van der Waals surface area contributed by atoms with E-state index in [1.807, 2.05) is 54.6 Å². The molecule has 8 heteroatoms. The number of nitrogens with zero attached hydrogens (tertiary/aromatic N) is 1. The monoisotopic (exact) mass is 565 g/mol. The van der Waals surface area contributed by atoms with Crippen molar-refractivity contribution in [3.63, 3.8) is 0 Å². The van der Waals surface area contributed by atoms with Gasteiger partial charge in [0.15, 0.2) is 0 Å². The molecule has 4 aromatic rings. The Morgan fingerprint density at radius 3 is 2.40 bits per heavy atom. The van der Waals surface area contributed by atoms with Crippen LogP contribution in [0.5, 0.6) is 0 Å². The third kappa shape index (κ3) is 6.83. The van der Waals surface area contributed by atoms with E-state index in [1.54, 1.807) is 23.1 Å². The van der Waals surface area contributed by atoms with E-state index in [1.165, 1.54) is 24.3 Å². The number of nitrogens with one attached hydrogen (secondary N) is 2. The van der Waals surface area contributed by atoms with Crippen LogP contribution in [0.15, 0.2) is 103 Å². The summed E-state index contributed by atoms with van der Waals surface area (Å²) in [7, 11) is 0. The number of hydrogen-bond acceptors (Lipinski definition) is 3. The van der Waals surface area contributed by atoms with Gasteiger partial charge in [0.2, 0.25) is 5.91 Å². The third-order valence-corrected chi connectivity index (χ3v) is 7.66. The van der Waals surface area contributed by atoms with E-state index in [4.69, 9.17) is 0 Å². The van der Waals surface area contributed by atoms with E-state index in [0.717, 1.165) is 29.5 Å². The lowest BCUT2D eigenvalue weighted by Gasteiger charge is -2.42. The number of carboxylic acid groups (broad SMARTS) is 1. The first-order valence-electron chi connectivity index (χ1n) is 13.9. The topological polar surface area (TPSA) is 98.7 Å². The summed E-state index contributed by atoms with van der Waals surface area (Å²) in [5, 5.41) is 14.5. The number of urea groups is 1. The fourth-order valence-electron chi connectivity index (χ4n) is 5.67. The first-order valence-corrected chi connectivity index (χ1v) is 13.9. The first-order chi connectivity index (χ1) is 20.4. The largest absolute Gasteiger partial charge is 0.478 e. The zero-order valence-electron chi connectivity index (χ0n) is 23.0. The van der Waals surface area contributed by atoms with Crippen LogP contribution in [0.4, 0.5) is 14.9 Å². The number of carbonyl (C=O) groups is 3. The summed E-state index contributed by atoms with van der Waals surface area (Å²) in [5.74, 6) is -1.70. The summed E-state index contributed by atoms with van der Waals surface area (Å²) in [6, 6.07) is 29.4. The van der Waals surface area contributed by atoms with Crippen LogP contribution in [0.1, 0.15) is 45.1 Å². The van der Waals surface area contributed by atoms with Gasteiger partial charge in [-0.1, -0.05) is 78.9 Å². The average Bonchev–Trinajstić information content (AvgIpc) is 3.00. The number of anilines is 1. The van der Waals surface area contributed by atoms with Crippen molar-refractivity contribution in [2.75, 3.05) is 11.9 Å². The SMILES string of the molecule is O=C(NCC(=O)N(Cc1ccccc1)[C@@H]1c2ccccc2CC[C@H]1Cc1ccccc1F)Nc1cccc(C(=O)O)c1. The van der Waals surface area contributed by atoms with Gasteiger partial charge in [0.05, 0.1) is 18.2 Å². The minimum atomic E-state index is -1.11. The number of hydrogen-bond donors (Lipinski definition) is 3. The number of fused-ring (bicyclic) bond motifs is 1. The fraction of sp³-hybridized carbons (Fsp3) is 0.206. The van der Waals surface area contributed by atoms with Crippen molar-refractivity contribution in [3.8, 4) is 0 Å². The summed E-state index contributed by atoms with van der Waals surface area (Å²) < 4.78 is 14.8. The second-order valence-electron chi connectivity index (χ2n) is 10.4. The minimum Gasteiger partial charge on any atom is -0.478 e. The normalized spacial score (nSPS) is 15.7. The molecule has 4 aromatic carbocycles. The summed E-state index contributed by atoms with van der Waals surface area (Å²) in [6.45, 7) is 0.0405. The zero-order valence-corrected chi connectivity index (χ0v) is 23.0. The maximum Gasteiger partial charge on any atom is 0.335 e. The molecule has 0 unspecified atom stereocenters. The van der Waals surface area contributed by atoms with Crippen LogP contribution in [0.2, 0.25) is 0 Å². The van der Waals surface area contributed by atoms with Crippen molar-refractivity contribution < 1.29 is 23.9 Å². The highest BCUT2D eigenvalue weighted by Gasteiger charge is 2.36. The molecule has 0 saturated heterocycles. The van der Waals surface area contributed by atoms with Crippen molar-refractivity contribution in [1.82, 2.24) is 10.2 Å². The minimum absolute atomic E-state index is 0.0368. The molecule has 0 fully saturated rings. The van der Waals surface area contributed by atoms with Gasteiger partial charge in [0.1, 0.15) is 5.82 Å². The molecular formula is C34H32FN3O4. The second kappa shape index (κ2) is 13.1. The van der Waals surface area contributed by atoms with Gasteiger partial charge in [-0.05, 0) is 71.7 Å². The molecule has 42 heavy (non-hydrogen) atoms.